The molecule has 0 aliphatic rings. The molecule has 1 aromatic rings. The van der Waals surface area contributed by atoms with E-state index in [0.717, 1.165) is 13.0 Å². The number of nitrogens with one attached hydrogen (secondary N) is 1. The topological polar surface area (TPSA) is 76.2 Å². The van der Waals surface area contributed by atoms with Gasteiger partial charge in [0, 0.05) is 19.0 Å². The Balaban J connectivity index is 2.97. The summed E-state index contributed by atoms with van der Waals surface area (Å²) in [6, 6.07) is 0.145. The van der Waals surface area contributed by atoms with Crippen LogP contribution in [0.25, 0.3) is 0 Å². The second-order valence-corrected chi connectivity index (χ2v) is 5.76. The lowest BCUT2D eigenvalue weighted by Gasteiger charge is -2.17. The second-order valence-electron chi connectivity index (χ2n) is 5.76. The number of rotatable bonds is 7. The van der Waals surface area contributed by atoms with Gasteiger partial charge in [0.1, 0.15) is 5.69 Å². The highest BCUT2D eigenvalue weighted by Gasteiger charge is 2.29. The van der Waals surface area contributed by atoms with E-state index >= 15 is 0 Å². The summed E-state index contributed by atoms with van der Waals surface area (Å²) in [5, 5.41) is 18.8. The summed E-state index contributed by atoms with van der Waals surface area (Å²) in [4.78, 5) is 13.1. The SMILES string of the molecule is CC(CCN(C)C)Nc1c([N+](=O)[O-])c(C(C)C)nn1C. The van der Waals surface area contributed by atoms with Gasteiger partial charge in [0.2, 0.25) is 5.82 Å². The van der Waals surface area contributed by atoms with E-state index in [1.807, 2.05) is 34.9 Å². The number of nitro groups is 1. The highest BCUT2D eigenvalue weighted by atomic mass is 16.6. The van der Waals surface area contributed by atoms with E-state index in [4.69, 9.17) is 0 Å². The van der Waals surface area contributed by atoms with Crippen molar-refractivity contribution < 1.29 is 4.92 Å². The minimum atomic E-state index is -0.344. The van der Waals surface area contributed by atoms with Gasteiger partial charge in [0.25, 0.3) is 0 Å². The monoisotopic (exact) mass is 283 g/mol. The summed E-state index contributed by atoms with van der Waals surface area (Å²) in [5.74, 6) is 0.513. The highest BCUT2D eigenvalue weighted by molar-refractivity contribution is 5.61. The first-order chi connectivity index (χ1) is 9.23. The van der Waals surface area contributed by atoms with Gasteiger partial charge in [-0.15, -0.1) is 0 Å². The lowest BCUT2D eigenvalue weighted by atomic mass is 10.1. The van der Waals surface area contributed by atoms with Gasteiger partial charge < -0.3 is 10.2 Å². The van der Waals surface area contributed by atoms with Crippen LogP contribution in [0.4, 0.5) is 11.5 Å². The number of hydrogen-bond donors (Lipinski definition) is 1. The van der Waals surface area contributed by atoms with Crippen LogP contribution < -0.4 is 5.32 Å². The largest absolute Gasteiger partial charge is 0.362 e. The Kier molecular flexibility index (Phi) is 5.50. The first-order valence-electron chi connectivity index (χ1n) is 6.86. The summed E-state index contributed by atoms with van der Waals surface area (Å²) in [6.45, 7) is 6.77. The van der Waals surface area contributed by atoms with E-state index in [9.17, 15) is 10.1 Å². The fourth-order valence-corrected chi connectivity index (χ4v) is 2.02. The summed E-state index contributed by atoms with van der Waals surface area (Å²) in [6.07, 6.45) is 0.909. The molecule has 1 unspecified atom stereocenters. The van der Waals surface area contributed by atoms with Crippen LogP contribution in [0, 0.1) is 10.1 Å². The average Bonchev–Trinajstić information content (AvgIpc) is 2.64. The van der Waals surface area contributed by atoms with Crippen LogP contribution in [0.15, 0.2) is 0 Å². The maximum Gasteiger partial charge on any atom is 0.334 e. The van der Waals surface area contributed by atoms with Crippen LogP contribution in [-0.4, -0.2) is 46.3 Å². The van der Waals surface area contributed by atoms with Gasteiger partial charge in [-0.1, -0.05) is 13.8 Å². The molecule has 1 aromatic heterocycles. The lowest BCUT2D eigenvalue weighted by molar-refractivity contribution is -0.384. The predicted molar refractivity (Wildman–Crippen MR) is 80.2 cm³/mol. The van der Waals surface area contributed by atoms with Gasteiger partial charge >= 0.3 is 5.69 Å². The standard InChI is InChI=1S/C13H25N5O2/c1-9(2)11-12(18(19)20)13(17(6)15-11)14-10(3)7-8-16(4)5/h9-10,14H,7-8H2,1-6H3. The van der Waals surface area contributed by atoms with E-state index < -0.39 is 0 Å². The molecule has 0 bridgehead atoms. The highest BCUT2D eigenvalue weighted by Crippen LogP contribution is 2.33. The Bertz CT molecular complexity index is 468. The molecule has 1 heterocycles. The first kappa shape index (κ1) is 16.4. The number of anilines is 1. The average molecular weight is 283 g/mol. The van der Waals surface area contributed by atoms with Crippen molar-refractivity contribution in [2.24, 2.45) is 7.05 Å². The van der Waals surface area contributed by atoms with Crippen molar-refractivity contribution in [3.8, 4) is 0 Å². The molecule has 0 spiro atoms. The van der Waals surface area contributed by atoms with E-state index in [1.165, 1.54) is 0 Å². The van der Waals surface area contributed by atoms with Crippen molar-refractivity contribution in [2.45, 2.75) is 39.2 Å². The summed E-state index contributed by atoms with van der Waals surface area (Å²) >= 11 is 0. The Morgan fingerprint density at radius 3 is 2.45 bits per heavy atom. The van der Waals surface area contributed by atoms with Gasteiger partial charge in [0.15, 0.2) is 0 Å². The van der Waals surface area contributed by atoms with Crippen molar-refractivity contribution in [1.82, 2.24) is 14.7 Å². The van der Waals surface area contributed by atoms with Crippen molar-refractivity contribution in [2.75, 3.05) is 26.0 Å². The molecular weight excluding hydrogens is 258 g/mol. The predicted octanol–water partition coefficient (Wildman–Crippen LogP) is 2.20. The minimum Gasteiger partial charge on any atom is -0.362 e. The molecule has 7 nitrogen and oxygen atoms in total. The Morgan fingerprint density at radius 1 is 1.40 bits per heavy atom. The molecule has 0 radical (unpaired) electrons. The number of aromatic nitrogens is 2. The maximum absolute atomic E-state index is 11.3. The molecule has 1 rings (SSSR count). The van der Waals surface area contributed by atoms with Crippen LogP contribution in [-0.2, 0) is 7.05 Å². The van der Waals surface area contributed by atoms with Crippen molar-refractivity contribution in [1.29, 1.82) is 0 Å². The van der Waals surface area contributed by atoms with E-state index in [1.54, 1.807) is 11.7 Å². The number of hydrogen-bond acceptors (Lipinski definition) is 5. The third-order valence-corrected chi connectivity index (χ3v) is 3.17. The van der Waals surface area contributed by atoms with Gasteiger partial charge in [-0.3, -0.25) is 10.1 Å². The van der Waals surface area contributed by atoms with E-state index in [0.29, 0.717) is 11.5 Å². The molecule has 0 fully saturated rings. The maximum atomic E-state index is 11.3. The van der Waals surface area contributed by atoms with Gasteiger partial charge in [-0.05, 0) is 34.0 Å². The van der Waals surface area contributed by atoms with Crippen LogP contribution in [0.2, 0.25) is 0 Å². The summed E-state index contributed by atoms with van der Waals surface area (Å²) in [7, 11) is 5.76. The molecule has 1 N–H and O–H groups in total. The fraction of sp³-hybridized carbons (Fsp3) is 0.769. The van der Waals surface area contributed by atoms with Crippen LogP contribution in [0.1, 0.15) is 38.8 Å². The fourth-order valence-electron chi connectivity index (χ4n) is 2.02. The Labute approximate surface area is 120 Å². The van der Waals surface area contributed by atoms with Gasteiger partial charge in [0.05, 0.1) is 4.92 Å². The molecule has 114 valence electrons. The molecule has 7 heteroatoms. The zero-order valence-electron chi connectivity index (χ0n) is 13.2. The zero-order chi connectivity index (χ0) is 15.4. The van der Waals surface area contributed by atoms with Gasteiger partial charge in [-0.2, -0.15) is 5.10 Å². The Morgan fingerprint density at radius 2 is 2.00 bits per heavy atom. The zero-order valence-corrected chi connectivity index (χ0v) is 13.2. The normalized spacial score (nSPS) is 13.0. The van der Waals surface area contributed by atoms with Crippen molar-refractivity contribution in [3.63, 3.8) is 0 Å². The molecule has 0 aliphatic carbocycles. The number of nitrogens with zero attached hydrogens (tertiary/aromatic N) is 4. The quantitative estimate of drug-likeness (QED) is 0.613. The molecule has 1 atom stereocenters. The molecule has 0 amide bonds. The third-order valence-electron chi connectivity index (χ3n) is 3.17. The molecule has 0 saturated carbocycles. The summed E-state index contributed by atoms with van der Waals surface area (Å²) in [5.41, 5.74) is 0.624. The second kappa shape index (κ2) is 6.69. The third kappa shape index (κ3) is 3.93. The molecular formula is C13H25N5O2. The van der Waals surface area contributed by atoms with Crippen LogP contribution in [0.5, 0.6) is 0 Å². The first-order valence-corrected chi connectivity index (χ1v) is 6.86. The minimum absolute atomic E-state index is 0.0224. The Hall–Kier alpha value is -1.63. The van der Waals surface area contributed by atoms with Gasteiger partial charge in [-0.25, -0.2) is 4.68 Å². The van der Waals surface area contributed by atoms with E-state index in [2.05, 4.69) is 15.3 Å². The summed E-state index contributed by atoms with van der Waals surface area (Å²) < 4.78 is 1.57. The molecule has 0 aromatic carbocycles. The molecule has 0 aliphatic heterocycles. The van der Waals surface area contributed by atoms with Crippen LogP contribution >= 0.6 is 0 Å². The lowest BCUT2D eigenvalue weighted by Crippen LogP contribution is -2.24. The molecule has 0 saturated heterocycles. The number of aryl methyl sites for hydroxylation is 1. The van der Waals surface area contributed by atoms with Crippen molar-refractivity contribution in [3.05, 3.63) is 15.8 Å². The van der Waals surface area contributed by atoms with E-state index in [-0.39, 0.29) is 22.6 Å². The van der Waals surface area contributed by atoms with Crippen molar-refractivity contribution >= 4 is 11.5 Å². The molecule has 20 heavy (non-hydrogen) atoms. The smallest absolute Gasteiger partial charge is 0.334 e. The van der Waals surface area contributed by atoms with Crippen LogP contribution in [0.3, 0.4) is 0 Å².